The minimum absolute atomic E-state index is 0. The van der Waals surface area contributed by atoms with Crippen molar-refractivity contribution in [2.24, 2.45) is 10.7 Å². The predicted octanol–water partition coefficient (Wildman–Crippen LogP) is 3.63. The van der Waals surface area contributed by atoms with Crippen molar-refractivity contribution in [2.45, 2.75) is 33.4 Å². The van der Waals surface area contributed by atoms with Crippen molar-refractivity contribution in [1.82, 2.24) is 10.6 Å². The Hall–Kier alpha value is -2.49. The summed E-state index contributed by atoms with van der Waals surface area (Å²) in [6.45, 7) is 7.61. The van der Waals surface area contributed by atoms with E-state index in [-0.39, 0.29) is 30.0 Å². The number of amides is 1. The van der Waals surface area contributed by atoms with Gasteiger partial charge in [-0.15, -0.1) is 24.0 Å². The Labute approximate surface area is 195 Å². The van der Waals surface area contributed by atoms with Crippen LogP contribution in [0.5, 0.6) is 11.5 Å². The molecule has 30 heavy (non-hydrogen) atoms. The quantitative estimate of drug-likeness (QED) is 0.264. The lowest BCUT2D eigenvalue weighted by Gasteiger charge is -2.20. The van der Waals surface area contributed by atoms with Crippen LogP contribution in [0.3, 0.4) is 0 Å². The van der Waals surface area contributed by atoms with Crippen molar-refractivity contribution in [1.29, 1.82) is 0 Å². The van der Waals surface area contributed by atoms with Crippen LogP contribution in [0.4, 0.5) is 0 Å². The van der Waals surface area contributed by atoms with Gasteiger partial charge in [0.25, 0.3) is 0 Å². The van der Waals surface area contributed by atoms with Crippen LogP contribution in [0, 0.1) is 0 Å². The van der Waals surface area contributed by atoms with Gasteiger partial charge in [-0.2, -0.15) is 0 Å². The number of halogens is 1. The number of nitrogens with one attached hydrogen (secondary N) is 2. The van der Waals surface area contributed by atoms with Gasteiger partial charge in [-0.3, -0.25) is 9.79 Å². The van der Waals surface area contributed by atoms with Gasteiger partial charge < -0.3 is 25.8 Å². The summed E-state index contributed by atoms with van der Waals surface area (Å²) in [6.07, 6.45) is 0. The Morgan fingerprint density at radius 2 is 1.80 bits per heavy atom. The highest BCUT2D eigenvalue weighted by Gasteiger charge is 2.12. The number of nitrogens with zero attached hydrogens (tertiary/aromatic N) is 1. The molecule has 8 heteroatoms. The fourth-order valence-corrected chi connectivity index (χ4v) is 2.84. The van der Waals surface area contributed by atoms with Gasteiger partial charge in [0.05, 0.1) is 19.3 Å². The third kappa shape index (κ3) is 7.40. The molecule has 164 valence electrons. The number of hydrogen-bond donors (Lipinski definition) is 3. The van der Waals surface area contributed by atoms with Crippen molar-refractivity contribution in [3.05, 3.63) is 59.2 Å². The van der Waals surface area contributed by atoms with Gasteiger partial charge in [-0.25, -0.2) is 0 Å². The van der Waals surface area contributed by atoms with E-state index in [2.05, 4.69) is 15.6 Å². The smallest absolute Gasteiger partial charge is 0.248 e. The number of aliphatic imine (C=N–C) groups is 1. The van der Waals surface area contributed by atoms with E-state index < -0.39 is 5.91 Å². The maximum Gasteiger partial charge on any atom is 0.248 e. The van der Waals surface area contributed by atoms with Crippen LogP contribution in [0.25, 0.3) is 0 Å². The molecule has 2 rings (SSSR count). The highest BCUT2D eigenvalue weighted by atomic mass is 127. The van der Waals surface area contributed by atoms with Gasteiger partial charge >= 0.3 is 0 Å². The van der Waals surface area contributed by atoms with E-state index >= 15 is 0 Å². The zero-order valence-corrected chi connectivity index (χ0v) is 20.2. The summed E-state index contributed by atoms with van der Waals surface area (Å²) in [7, 11) is 1.71. The van der Waals surface area contributed by atoms with Crippen molar-refractivity contribution >= 4 is 35.8 Å². The van der Waals surface area contributed by atoms with Crippen molar-refractivity contribution < 1.29 is 14.3 Å². The molecule has 0 saturated carbocycles. The van der Waals surface area contributed by atoms with E-state index in [1.165, 1.54) is 0 Å². The van der Waals surface area contributed by atoms with Gasteiger partial charge in [0.15, 0.2) is 17.5 Å². The second-order valence-corrected chi connectivity index (χ2v) is 6.43. The maximum absolute atomic E-state index is 11.3. The van der Waals surface area contributed by atoms with Gasteiger partial charge in [0.2, 0.25) is 5.91 Å². The van der Waals surface area contributed by atoms with Crippen LogP contribution in [-0.4, -0.2) is 32.1 Å². The summed E-state index contributed by atoms with van der Waals surface area (Å²) in [4.78, 5) is 15.6. The number of guanidine groups is 1. The summed E-state index contributed by atoms with van der Waals surface area (Å²) in [5.41, 5.74) is 7.82. The molecule has 0 bridgehead atoms. The molecule has 2 aromatic carbocycles. The third-order valence-corrected chi connectivity index (χ3v) is 4.32. The fraction of sp³-hybridized carbons (Fsp3) is 0.364. The van der Waals surface area contributed by atoms with E-state index in [4.69, 9.17) is 15.2 Å². The average molecular weight is 526 g/mol. The van der Waals surface area contributed by atoms with E-state index in [0.29, 0.717) is 31.3 Å². The summed E-state index contributed by atoms with van der Waals surface area (Å²) in [6, 6.07) is 13.1. The highest BCUT2D eigenvalue weighted by Crippen LogP contribution is 2.30. The average Bonchev–Trinajstić information content (AvgIpc) is 2.72. The first-order valence-corrected chi connectivity index (χ1v) is 9.73. The Bertz CT molecular complexity index is 858. The van der Waals surface area contributed by atoms with E-state index in [9.17, 15) is 4.79 Å². The lowest BCUT2D eigenvalue weighted by atomic mass is 10.1. The first kappa shape index (κ1) is 25.5. The minimum Gasteiger partial charge on any atom is -0.490 e. The number of hydrogen-bond acceptors (Lipinski definition) is 4. The number of benzene rings is 2. The Kier molecular flexibility index (Phi) is 11.0. The summed E-state index contributed by atoms with van der Waals surface area (Å²) < 4.78 is 11.3. The second-order valence-electron chi connectivity index (χ2n) is 6.43. The topological polar surface area (TPSA) is 98.0 Å². The van der Waals surface area contributed by atoms with E-state index in [0.717, 1.165) is 22.6 Å². The van der Waals surface area contributed by atoms with Crippen LogP contribution in [-0.2, 0) is 6.54 Å². The van der Waals surface area contributed by atoms with Crippen LogP contribution in [0.1, 0.15) is 48.3 Å². The number of carbonyl (C=O) groups excluding carboxylic acids is 1. The van der Waals surface area contributed by atoms with Gasteiger partial charge in [-0.1, -0.05) is 18.2 Å². The molecule has 1 atom stereocenters. The number of primary amides is 1. The Morgan fingerprint density at radius 3 is 2.43 bits per heavy atom. The molecule has 4 N–H and O–H groups in total. The molecular weight excluding hydrogens is 495 g/mol. The van der Waals surface area contributed by atoms with Crippen LogP contribution in [0.2, 0.25) is 0 Å². The lowest BCUT2D eigenvalue weighted by molar-refractivity contribution is 0.1000. The zero-order valence-electron chi connectivity index (χ0n) is 17.9. The summed E-state index contributed by atoms with van der Waals surface area (Å²) in [5, 5.41) is 6.62. The van der Waals surface area contributed by atoms with Crippen LogP contribution >= 0.6 is 24.0 Å². The Balaban J connectivity index is 0.00000450. The normalized spacial score (nSPS) is 11.8. The molecule has 0 heterocycles. The molecule has 1 amide bonds. The molecule has 0 radical (unpaired) electrons. The molecule has 2 aromatic rings. The lowest BCUT2D eigenvalue weighted by Crippen LogP contribution is -2.38. The van der Waals surface area contributed by atoms with Crippen LogP contribution in [0.15, 0.2) is 47.5 Å². The fourth-order valence-electron chi connectivity index (χ4n) is 2.84. The molecule has 0 aliphatic carbocycles. The van der Waals surface area contributed by atoms with Crippen molar-refractivity contribution in [3.8, 4) is 11.5 Å². The molecule has 0 fully saturated rings. The Morgan fingerprint density at radius 1 is 1.10 bits per heavy atom. The standard InChI is InChI=1S/C22H30N4O3.HI/c1-5-28-19-11-10-17(13-20(19)29-6-2)15(3)26-22(24-4)25-14-16-8-7-9-18(12-16)21(23)27;/h7-13,15H,5-6,14H2,1-4H3,(H2,23,27)(H2,24,25,26);1H. The van der Waals surface area contributed by atoms with Crippen LogP contribution < -0.4 is 25.8 Å². The predicted molar refractivity (Wildman–Crippen MR) is 131 cm³/mol. The molecule has 0 aliphatic heterocycles. The third-order valence-electron chi connectivity index (χ3n) is 4.32. The molecule has 7 nitrogen and oxygen atoms in total. The maximum atomic E-state index is 11.3. The molecule has 1 unspecified atom stereocenters. The SMILES string of the molecule is CCOc1ccc(C(C)NC(=NC)NCc2cccc(C(N)=O)c2)cc1OCC.I. The monoisotopic (exact) mass is 526 g/mol. The van der Waals surface area contributed by atoms with E-state index in [1.54, 1.807) is 19.2 Å². The second kappa shape index (κ2) is 12.9. The number of ether oxygens (including phenoxy) is 2. The summed E-state index contributed by atoms with van der Waals surface area (Å²) >= 11 is 0. The molecule has 0 spiro atoms. The summed E-state index contributed by atoms with van der Waals surface area (Å²) in [5.74, 6) is 1.67. The number of carbonyl (C=O) groups is 1. The van der Waals surface area contributed by atoms with Crippen molar-refractivity contribution in [3.63, 3.8) is 0 Å². The van der Waals surface area contributed by atoms with Gasteiger partial charge in [-0.05, 0) is 56.2 Å². The van der Waals surface area contributed by atoms with E-state index in [1.807, 2.05) is 51.1 Å². The zero-order chi connectivity index (χ0) is 21.2. The largest absolute Gasteiger partial charge is 0.490 e. The van der Waals surface area contributed by atoms with Gasteiger partial charge in [0.1, 0.15) is 0 Å². The van der Waals surface area contributed by atoms with Crippen molar-refractivity contribution in [2.75, 3.05) is 20.3 Å². The number of rotatable bonds is 9. The highest BCUT2D eigenvalue weighted by molar-refractivity contribution is 14.0. The molecule has 0 aromatic heterocycles. The first-order chi connectivity index (χ1) is 14.0. The molecular formula is C22H31IN4O3. The minimum atomic E-state index is -0.441. The van der Waals surface area contributed by atoms with Gasteiger partial charge in [0, 0.05) is 19.2 Å². The first-order valence-electron chi connectivity index (χ1n) is 9.73. The molecule has 0 aliphatic rings. The number of nitrogens with two attached hydrogens (primary N) is 1. The molecule has 0 saturated heterocycles.